The van der Waals surface area contributed by atoms with E-state index < -0.39 is 0 Å². The van der Waals surface area contributed by atoms with Gasteiger partial charge in [-0.15, -0.1) is 0 Å². The van der Waals surface area contributed by atoms with Crippen LogP contribution in [0.4, 0.5) is 10.1 Å². The Kier molecular flexibility index (Phi) is 3.04. The molecule has 0 aliphatic carbocycles. The highest BCUT2D eigenvalue weighted by Crippen LogP contribution is 2.24. The third-order valence-electron chi connectivity index (χ3n) is 2.55. The smallest absolute Gasteiger partial charge is 0.125 e. The molecule has 2 nitrogen and oxygen atoms in total. The first kappa shape index (κ1) is 10.9. The van der Waals surface area contributed by atoms with Crippen molar-refractivity contribution in [1.29, 1.82) is 0 Å². The average Bonchev–Trinajstić information content (AvgIpc) is 2.28. The first-order valence-electron chi connectivity index (χ1n) is 5.57. The van der Waals surface area contributed by atoms with Gasteiger partial charge in [-0.1, -0.05) is 6.92 Å². The number of benzene rings is 1. The first-order chi connectivity index (χ1) is 7.74. The lowest BCUT2D eigenvalue weighted by Gasteiger charge is -2.09. The highest BCUT2D eigenvalue weighted by molar-refractivity contribution is 5.91. The lowest BCUT2D eigenvalue weighted by molar-refractivity contribution is 0.629. The monoisotopic (exact) mass is 218 g/mol. The van der Waals surface area contributed by atoms with Crippen LogP contribution in [0.2, 0.25) is 0 Å². The molecule has 0 bridgehead atoms. The molecule has 0 aliphatic rings. The van der Waals surface area contributed by atoms with Gasteiger partial charge >= 0.3 is 0 Å². The maximum atomic E-state index is 13.1. The molecule has 0 unspecified atom stereocenters. The van der Waals surface area contributed by atoms with Crippen molar-refractivity contribution < 1.29 is 4.39 Å². The predicted octanol–water partition coefficient (Wildman–Crippen LogP) is 3.37. The van der Waals surface area contributed by atoms with Crippen molar-refractivity contribution >= 4 is 16.6 Å². The number of halogens is 1. The molecule has 0 aliphatic heterocycles. The number of rotatable bonds is 3. The molecule has 0 radical (unpaired) electrons. The van der Waals surface area contributed by atoms with E-state index in [-0.39, 0.29) is 5.82 Å². The fraction of sp³-hybridized carbons (Fsp3) is 0.308. The van der Waals surface area contributed by atoms with E-state index in [0.29, 0.717) is 0 Å². The summed E-state index contributed by atoms with van der Waals surface area (Å²) in [4.78, 5) is 4.42. The molecule has 0 saturated carbocycles. The van der Waals surface area contributed by atoms with Crippen molar-refractivity contribution in [2.24, 2.45) is 0 Å². The molecule has 0 spiro atoms. The molecule has 3 heteroatoms. The van der Waals surface area contributed by atoms with Crippen molar-refractivity contribution in [3.63, 3.8) is 0 Å². The zero-order chi connectivity index (χ0) is 11.5. The van der Waals surface area contributed by atoms with E-state index in [2.05, 4.69) is 10.3 Å². The number of aromatic nitrogens is 1. The van der Waals surface area contributed by atoms with Crippen LogP contribution in [0, 0.1) is 5.82 Å². The molecule has 0 saturated heterocycles. The minimum atomic E-state index is -0.240. The molecule has 1 heterocycles. The van der Waals surface area contributed by atoms with E-state index in [4.69, 9.17) is 0 Å². The van der Waals surface area contributed by atoms with Crippen LogP contribution in [-0.4, -0.2) is 11.5 Å². The van der Waals surface area contributed by atoms with Crippen molar-refractivity contribution in [2.45, 2.75) is 20.3 Å². The van der Waals surface area contributed by atoms with Gasteiger partial charge in [-0.25, -0.2) is 4.39 Å². The number of anilines is 1. The number of aryl methyl sites for hydroxylation is 1. The lowest BCUT2D eigenvalue weighted by atomic mass is 10.1. The second kappa shape index (κ2) is 4.47. The summed E-state index contributed by atoms with van der Waals surface area (Å²) in [5, 5.41) is 4.25. The molecule has 1 aromatic heterocycles. The van der Waals surface area contributed by atoms with Gasteiger partial charge in [0.2, 0.25) is 0 Å². The van der Waals surface area contributed by atoms with Crippen LogP contribution < -0.4 is 5.32 Å². The summed E-state index contributed by atoms with van der Waals surface area (Å²) in [6, 6.07) is 6.75. The molecule has 1 aromatic carbocycles. The third kappa shape index (κ3) is 1.98. The molecule has 84 valence electrons. The Hall–Kier alpha value is -1.64. The normalized spacial score (nSPS) is 10.7. The van der Waals surface area contributed by atoms with Gasteiger partial charge in [-0.2, -0.15) is 0 Å². The van der Waals surface area contributed by atoms with Gasteiger partial charge in [-0.3, -0.25) is 4.98 Å². The van der Waals surface area contributed by atoms with Crippen LogP contribution in [0.15, 0.2) is 24.3 Å². The Morgan fingerprint density at radius 1 is 1.25 bits per heavy atom. The first-order valence-corrected chi connectivity index (χ1v) is 5.57. The summed E-state index contributed by atoms with van der Waals surface area (Å²) in [7, 11) is 0. The van der Waals surface area contributed by atoms with Crippen LogP contribution in [0.25, 0.3) is 10.9 Å². The quantitative estimate of drug-likeness (QED) is 0.854. The van der Waals surface area contributed by atoms with Crippen LogP contribution in [0.1, 0.15) is 19.5 Å². The lowest BCUT2D eigenvalue weighted by Crippen LogP contribution is -2.00. The zero-order valence-electron chi connectivity index (χ0n) is 9.55. The largest absolute Gasteiger partial charge is 0.385 e. The van der Waals surface area contributed by atoms with Crippen molar-refractivity contribution in [3.8, 4) is 0 Å². The molecule has 16 heavy (non-hydrogen) atoms. The summed E-state index contributed by atoms with van der Waals surface area (Å²) < 4.78 is 13.1. The average molecular weight is 218 g/mol. The van der Waals surface area contributed by atoms with Gasteiger partial charge in [0.15, 0.2) is 0 Å². The van der Waals surface area contributed by atoms with Crippen LogP contribution >= 0.6 is 0 Å². The minimum Gasteiger partial charge on any atom is -0.385 e. The fourth-order valence-corrected chi connectivity index (χ4v) is 1.77. The number of fused-ring (bicyclic) bond motifs is 1. The van der Waals surface area contributed by atoms with E-state index in [1.54, 1.807) is 6.07 Å². The van der Waals surface area contributed by atoms with Gasteiger partial charge < -0.3 is 5.32 Å². The summed E-state index contributed by atoms with van der Waals surface area (Å²) >= 11 is 0. The number of hydrogen-bond acceptors (Lipinski definition) is 2. The Morgan fingerprint density at radius 3 is 2.75 bits per heavy atom. The summed E-state index contributed by atoms with van der Waals surface area (Å²) in [5.74, 6) is -0.240. The van der Waals surface area contributed by atoms with Crippen molar-refractivity contribution in [2.75, 3.05) is 11.9 Å². The van der Waals surface area contributed by atoms with Gasteiger partial charge in [0.1, 0.15) is 5.82 Å². The molecular formula is C13H15FN2. The fourth-order valence-electron chi connectivity index (χ4n) is 1.77. The van der Waals surface area contributed by atoms with E-state index in [1.807, 2.05) is 19.9 Å². The second-order valence-electron chi connectivity index (χ2n) is 3.71. The molecule has 0 fully saturated rings. The third-order valence-corrected chi connectivity index (χ3v) is 2.55. The van der Waals surface area contributed by atoms with Gasteiger partial charge in [0.05, 0.1) is 5.52 Å². The maximum absolute atomic E-state index is 13.1. The van der Waals surface area contributed by atoms with Gasteiger partial charge in [0.25, 0.3) is 0 Å². The van der Waals surface area contributed by atoms with Gasteiger partial charge in [0, 0.05) is 29.4 Å². The van der Waals surface area contributed by atoms with Crippen LogP contribution in [0.3, 0.4) is 0 Å². The Balaban J connectivity index is 2.66. The number of hydrogen-bond donors (Lipinski definition) is 1. The Labute approximate surface area is 94.5 Å². The van der Waals surface area contributed by atoms with E-state index >= 15 is 0 Å². The minimum absolute atomic E-state index is 0.240. The SMILES string of the molecule is CCNc1cc(CC)nc2cc(F)ccc12. The predicted molar refractivity (Wildman–Crippen MR) is 65.2 cm³/mol. The second-order valence-corrected chi connectivity index (χ2v) is 3.71. The maximum Gasteiger partial charge on any atom is 0.125 e. The van der Waals surface area contributed by atoms with E-state index in [9.17, 15) is 4.39 Å². The van der Waals surface area contributed by atoms with E-state index in [0.717, 1.165) is 35.2 Å². The van der Waals surface area contributed by atoms with E-state index in [1.165, 1.54) is 12.1 Å². The topological polar surface area (TPSA) is 24.9 Å². The van der Waals surface area contributed by atoms with Crippen LogP contribution in [0.5, 0.6) is 0 Å². The molecule has 2 rings (SSSR count). The van der Waals surface area contributed by atoms with Crippen molar-refractivity contribution in [3.05, 3.63) is 35.8 Å². The highest BCUT2D eigenvalue weighted by Gasteiger charge is 2.05. The number of pyridine rings is 1. The van der Waals surface area contributed by atoms with Crippen molar-refractivity contribution in [1.82, 2.24) is 4.98 Å². The molecular weight excluding hydrogens is 203 g/mol. The molecule has 0 amide bonds. The number of nitrogens with zero attached hydrogens (tertiary/aromatic N) is 1. The standard InChI is InChI=1S/C13H15FN2/c1-3-10-8-12(15-4-2)11-6-5-9(14)7-13(11)16-10/h5-8H,3-4H2,1-2H3,(H,15,16). The Bertz CT molecular complexity index is 509. The van der Waals surface area contributed by atoms with Gasteiger partial charge in [-0.05, 0) is 31.5 Å². The van der Waals surface area contributed by atoms with Crippen LogP contribution in [-0.2, 0) is 6.42 Å². The molecule has 1 N–H and O–H groups in total. The zero-order valence-corrected chi connectivity index (χ0v) is 9.55. The summed E-state index contributed by atoms with van der Waals surface area (Å²) in [5.41, 5.74) is 2.73. The molecule has 2 aromatic rings. The highest BCUT2D eigenvalue weighted by atomic mass is 19.1. The summed E-state index contributed by atoms with van der Waals surface area (Å²) in [6.45, 7) is 4.93. The number of nitrogens with one attached hydrogen (secondary N) is 1. The summed E-state index contributed by atoms with van der Waals surface area (Å²) in [6.07, 6.45) is 0.852. The Morgan fingerprint density at radius 2 is 2.06 bits per heavy atom. The molecule has 0 atom stereocenters.